The number of carbonyl (C=O) groups excluding carboxylic acids is 2. The monoisotopic (exact) mass is 578 g/mol. The number of hydrogen-bond acceptors (Lipinski definition) is 10. The molecule has 2 aliphatic heterocycles. The molecule has 38 heavy (non-hydrogen) atoms. The molecule has 1 aromatic heterocycles. The summed E-state index contributed by atoms with van der Waals surface area (Å²) in [5.74, 6) is -0.389. The zero-order chi connectivity index (χ0) is 26.7. The predicted molar refractivity (Wildman–Crippen MR) is 145 cm³/mol. The summed E-state index contributed by atoms with van der Waals surface area (Å²) in [6.45, 7) is 4.07. The van der Waals surface area contributed by atoms with Crippen LogP contribution in [0.4, 0.5) is 5.13 Å². The number of oxime groups is 1. The Morgan fingerprint density at radius 2 is 1.89 bits per heavy atom. The average molecular weight is 579 g/mol. The van der Waals surface area contributed by atoms with Crippen LogP contribution in [0.15, 0.2) is 44.7 Å². The van der Waals surface area contributed by atoms with E-state index in [0.717, 1.165) is 30.1 Å². The highest BCUT2D eigenvalue weighted by Crippen LogP contribution is 2.36. The first-order chi connectivity index (χ1) is 18.3. The van der Waals surface area contributed by atoms with E-state index in [1.165, 1.54) is 23.5 Å². The molecule has 13 heteroatoms. The molecule has 0 radical (unpaired) electrons. The number of likely N-dealkylation sites (tertiary alicyclic amines) is 1. The second-order valence-corrected chi connectivity index (χ2v) is 14.4. The highest BCUT2D eigenvalue weighted by atomic mass is 32.2. The van der Waals surface area contributed by atoms with Crippen LogP contribution < -0.4 is 5.32 Å². The van der Waals surface area contributed by atoms with Crippen molar-refractivity contribution in [2.75, 3.05) is 31.6 Å². The Balaban J connectivity index is 1.26. The minimum Gasteiger partial charge on any atom is -0.389 e. The molecule has 2 saturated heterocycles. The highest BCUT2D eigenvalue weighted by molar-refractivity contribution is 8.01. The Hall–Kier alpha value is -2.48. The lowest BCUT2D eigenvalue weighted by atomic mass is 10.1. The van der Waals surface area contributed by atoms with Gasteiger partial charge in [0.25, 0.3) is 5.91 Å². The molecular weight excluding hydrogens is 548 g/mol. The van der Waals surface area contributed by atoms with Gasteiger partial charge in [0.1, 0.15) is 0 Å². The largest absolute Gasteiger partial charge is 0.389 e. The number of sulfone groups is 1. The van der Waals surface area contributed by atoms with Gasteiger partial charge in [-0.1, -0.05) is 28.6 Å². The normalized spacial score (nSPS) is 20.9. The van der Waals surface area contributed by atoms with E-state index in [-0.39, 0.29) is 27.9 Å². The van der Waals surface area contributed by atoms with Gasteiger partial charge in [-0.15, -0.1) is 11.8 Å². The van der Waals surface area contributed by atoms with E-state index in [1.54, 1.807) is 37.0 Å². The van der Waals surface area contributed by atoms with Gasteiger partial charge in [-0.25, -0.2) is 13.4 Å². The number of aromatic nitrogens is 1. The SMILES string of the molecule is CC(=O)N1CCC(Sc2cnc(NC(=O)/C(=N/O[C@@H]3CCOC3)c3ccc(S(=O)(=O)C4CC4)cc3)s2)CC1. The molecule has 0 bridgehead atoms. The predicted octanol–water partition coefficient (Wildman–Crippen LogP) is 3.33. The van der Waals surface area contributed by atoms with E-state index in [2.05, 4.69) is 15.5 Å². The van der Waals surface area contributed by atoms with Crippen molar-refractivity contribution in [2.24, 2.45) is 5.16 Å². The summed E-state index contributed by atoms with van der Waals surface area (Å²) in [4.78, 5) is 36.9. The summed E-state index contributed by atoms with van der Waals surface area (Å²) in [7, 11) is -3.34. The van der Waals surface area contributed by atoms with Crippen molar-refractivity contribution in [3.05, 3.63) is 36.0 Å². The van der Waals surface area contributed by atoms with E-state index in [4.69, 9.17) is 9.57 Å². The number of nitrogens with one attached hydrogen (secondary N) is 1. The summed E-state index contributed by atoms with van der Waals surface area (Å²) in [5, 5.41) is 7.47. The fourth-order valence-electron chi connectivity index (χ4n) is 4.30. The Morgan fingerprint density at radius 1 is 1.16 bits per heavy atom. The van der Waals surface area contributed by atoms with Crippen molar-refractivity contribution >= 4 is 55.6 Å². The summed E-state index contributed by atoms with van der Waals surface area (Å²) in [6, 6.07) is 6.19. The van der Waals surface area contributed by atoms with Crippen LogP contribution in [-0.4, -0.2) is 78.7 Å². The Labute approximate surface area is 230 Å². The molecule has 1 saturated carbocycles. The molecule has 3 fully saturated rings. The first kappa shape index (κ1) is 27.1. The third-order valence-corrected chi connectivity index (χ3v) is 11.4. The number of anilines is 1. The number of amides is 2. The number of thiazole rings is 1. The lowest BCUT2D eigenvalue weighted by Crippen LogP contribution is -2.37. The number of piperidine rings is 1. The van der Waals surface area contributed by atoms with E-state index in [9.17, 15) is 18.0 Å². The number of hydrogen-bond donors (Lipinski definition) is 1. The number of rotatable bonds is 9. The van der Waals surface area contributed by atoms with E-state index in [1.807, 2.05) is 4.90 Å². The number of ether oxygens (including phenoxy) is 1. The minimum absolute atomic E-state index is 0.0354. The van der Waals surface area contributed by atoms with Gasteiger partial charge in [-0.05, 0) is 37.8 Å². The van der Waals surface area contributed by atoms with Crippen LogP contribution in [0.2, 0.25) is 0 Å². The lowest BCUT2D eigenvalue weighted by Gasteiger charge is -2.30. The van der Waals surface area contributed by atoms with Gasteiger partial charge in [0.2, 0.25) is 5.91 Å². The van der Waals surface area contributed by atoms with Gasteiger partial charge in [0.05, 0.1) is 33.8 Å². The quantitative estimate of drug-likeness (QED) is 0.355. The van der Waals surface area contributed by atoms with Crippen molar-refractivity contribution in [1.82, 2.24) is 9.88 Å². The second-order valence-electron chi connectivity index (χ2n) is 9.56. The van der Waals surface area contributed by atoms with Crippen LogP contribution in [0.25, 0.3) is 0 Å². The molecular formula is C25H30N4O6S3. The molecule has 0 spiro atoms. The number of thioether (sulfide) groups is 1. The second kappa shape index (κ2) is 11.7. The summed E-state index contributed by atoms with van der Waals surface area (Å²) < 4.78 is 31.4. The summed E-state index contributed by atoms with van der Waals surface area (Å²) in [6.07, 6.45) is 5.36. The van der Waals surface area contributed by atoms with Crippen LogP contribution >= 0.6 is 23.1 Å². The van der Waals surface area contributed by atoms with E-state index < -0.39 is 15.7 Å². The van der Waals surface area contributed by atoms with Crippen molar-refractivity contribution < 1.29 is 27.6 Å². The van der Waals surface area contributed by atoms with Crippen LogP contribution in [0.3, 0.4) is 0 Å². The maximum atomic E-state index is 13.3. The molecule has 3 heterocycles. The smallest absolute Gasteiger partial charge is 0.280 e. The van der Waals surface area contributed by atoms with Gasteiger partial charge in [-0.3, -0.25) is 14.9 Å². The van der Waals surface area contributed by atoms with Crippen molar-refractivity contribution in [3.63, 3.8) is 0 Å². The summed E-state index contributed by atoms with van der Waals surface area (Å²) in [5.41, 5.74) is 0.479. The molecule has 1 aliphatic carbocycles. The minimum atomic E-state index is -3.34. The molecule has 2 aromatic rings. The van der Waals surface area contributed by atoms with Gasteiger partial charge in [-0.2, -0.15) is 0 Å². The highest BCUT2D eigenvalue weighted by Gasteiger charge is 2.37. The molecule has 1 atom stereocenters. The molecule has 0 unspecified atom stereocenters. The van der Waals surface area contributed by atoms with E-state index >= 15 is 0 Å². The van der Waals surface area contributed by atoms with Gasteiger partial charge < -0.3 is 14.5 Å². The topological polar surface area (TPSA) is 127 Å². The maximum absolute atomic E-state index is 13.3. The van der Waals surface area contributed by atoms with Crippen LogP contribution in [-0.2, 0) is 29.0 Å². The standard InChI is InChI=1S/C25H30N4O6S3/c1-16(30)29-11-8-19(9-12-29)36-22-14-26-25(37-22)27-24(31)23(28-35-18-10-13-34-15-18)17-2-4-20(5-3-17)38(32,33)21-6-7-21/h2-5,14,18-19,21H,6-13,15H2,1H3,(H,26,27,31)/b28-23+/t18-/m1/s1. The molecule has 3 aliphatic rings. The van der Waals surface area contributed by atoms with Crippen molar-refractivity contribution in [3.8, 4) is 0 Å². The van der Waals surface area contributed by atoms with Crippen LogP contribution in [0.1, 0.15) is 44.6 Å². The van der Waals surface area contributed by atoms with Crippen LogP contribution in [0, 0.1) is 0 Å². The van der Waals surface area contributed by atoms with Crippen molar-refractivity contribution in [1.29, 1.82) is 0 Å². The fraction of sp³-hybridized carbons (Fsp3) is 0.520. The molecule has 204 valence electrons. The molecule has 2 amide bonds. The lowest BCUT2D eigenvalue weighted by molar-refractivity contribution is -0.129. The summed E-state index contributed by atoms with van der Waals surface area (Å²) >= 11 is 3.09. The third-order valence-electron chi connectivity index (χ3n) is 6.69. The molecule has 1 N–H and O–H groups in total. The Morgan fingerprint density at radius 3 is 2.53 bits per heavy atom. The van der Waals surface area contributed by atoms with Crippen molar-refractivity contribution in [2.45, 2.75) is 64.7 Å². The Bertz CT molecular complexity index is 1290. The van der Waals surface area contributed by atoms with Gasteiger partial charge in [0.15, 0.2) is 26.8 Å². The van der Waals surface area contributed by atoms with Crippen LogP contribution in [0.5, 0.6) is 0 Å². The molecule has 5 rings (SSSR count). The number of nitrogens with zero attached hydrogens (tertiary/aromatic N) is 3. The zero-order valence-corrected chi connectivity index (χ0v) is 23.4. The Kier molecular flexibility index (Phi) is 8.36. The number of carbonyl (C=O) groups is 2. The fourth-order valence-corrected chi connectivity index (χ4v) is 8.23. The third kappa shape index (κ3) is 6.56. The number of benzene rings is 1. The molecule has 10 nitrogen and oxygen atoms in total. The maximum Gasteiger partial charge on any atom is 0.280 e. The van der Waals surface area contributed by atoms with Gasteiger partial charge in [0, 0.05) is 37.2 Å². The molecule has 1 aromatic carbocycles. The van der Waals surface area contributed by atoms with Gasteiger partial charge >= 0.3 is 0 Å². The zero-order valence-electron chi connectivity index (χ0n) is 21.0. The first-order valence-electron chi connectivity index (χ1n) is 12.6. The van der Waals surface area contributed by atoms with E-state index in [0.29, 0.717) is 48.4 Å². The average Bonchev–Trinajstić information content (AvgIpc) is 3.49. The first-order valence-corrected chi connectivity index (χ1v) is 15.9.